The smallest absolute Gasteiger partial charge is 0.200 e. The van der Waals surface area contributed by atoms with Crippen molar-refractivity contribution in [1.82, 2.24) is 19.3 Å². The summed E-state index contributed by atoms with van der Waals surface area (Å²) in [5.41, 5.74) is 10.2. The molecule has 3 aromatic rings. The molecule has 0 atom stereocenters. The van der Waals surface area contributed by atoms with E-state index in [1.165, 1.54) is 11.1 Å². The maximum absolute atomic E-state index is 5.80. The van der Waals surface area contributed by atoms with E-state index in [9.17, 15) is 0 Å². The number of rotatable bonds is 2. The van der Waals surface area contributed by atoms with E-state index in [1.807, 2.05) is 35.7 Å². The fourth-order valence-corrected chi connectivity index (χ4v) is 2.17. The summed E-state index contributed by atoms with van der Waals surface area (Å²) in [5, 5.41) is 4.17. The number of aromatic nitrogens is 4. The lowest BCUT2D eigenvalue weighted by Crippen LogP contribution is -1.95. The van der Waals surface area contributed by atoms with Crippen LogP contribution in [-0.2, 0) is 20.5 Å². The van der Waals surface area contributed by atoms with E-state index in [0.29, 0.717) is 5.95 Å². The molecule has 1 aromatic carbocycles. The molecule has 0 spiro atoms. The van der Waals surface area contributed by atoms with E-state index >= 15 is 0 Å². The molecule has 0 saturated carbocycles. The van der Waals surface area contributed by atoms with Crippen LogP contribution < -0.4 is 5.73 Å². The summed E-state index contributed by atoms with van der Waals surface area (Å²) >= 11 is 0. The minimum Gasteiger partial charge on any atom is -0.369 e. The maximum atomic E-state index is 5.80. The van der Waals surface area contributed by atoms with Crippen LogP contribution in [0.15, 0.2) is 30.6 Å². The normalized spacial score (nSPS) is 11.2. The summed E-state index contributed by atoms with van der Waals surface area (Å²) in [7, 11) is 3.84. The van der Waals surface area contributed by atoms with E-state index in [2.05, 4.69) is 28.3 Å². The third-order valence-corrected chi connectivity index (χ3v) is 3.15. The van der Waals surface area contributed by atoms with Crippen molar-refractivity contribution < 1.29 is 0 Å². The van der Waals surface area contributed by atoms with Crippen molar-refractivity contribution in [1.29, 1.82) is 0 Å². The first-order valence-electron chi connectivity index (χ1n) is 5.82. The van der Waals surface area contributed by atoms with E-state index in [0.717, 1.165) is 17.5 Å². The Labute approximate surface area is 105 Å². The van der Waals surface area contributed by atoms with Gasteiger partial charge in [0.05, 0.1) is 17.2 Å². The summed E-state index contributed by atoms with van der Waals surface area (Å²) in [5.74, 6) is 0.545. The lowest BCUT2D eigenvalue weighted by molar-refractivity contribution is 0.767. The van der Waals surface area contributed by atoms with Crippen LogP contribution in [-0.4, -0.2) is 19.3 Å². The SMILES string of the molecule is Cn1cc(Cc2ccc3c(c2)nc(N)n3C)cn1. The van der Waals surface area contributed by atoms with Crippen LogP contribution in [0.2, 0.25) is 0 Å². The fourth-order valence-electron chi connectivity index (χ4n) is 2.17. The number of benzene rings is 1. The van der Waals surface area contributed by atoms with Gasteiger partial charge in [0, 0.05) is 26.7 Å². The Morgan fingerprint density at radius 1 is 1.22 bits per heavy atom. The molecule has 0 aliphatic heterocycles. The van der Waals surface area contributed by atoms with Crippen LogP contribution in [0.5, 0.6) is 0 Å². The Kier molecular flexibility index (Phi) is 2.33. The lowest BCUT2D eigenvalue weighted by atomic mass is 10.1. The predicted molar refractivity (Wildman–Crippen MR) is 71.1 cm³/mol. The molecule has 0 fully saturated rings. The van der Waals surface area contributed by atoms with Gasteiger partial charge in [-0.3, -0.25) is 4.68 Å². The minimum atomic E-state index is 0.545. The number of anilines is 1. The molecule has 5 nitrogen and oxygen atoms in total. The highest BCUT2D eigenvalue weighted by Crippen LogP contribution is 2.19. The molecular formula is C13H15N5. The van der Waals surface area contributed by atoms with Crippen LogP contribution in [0.4, 0.5) is 5.95 Å². The van der Waals surface area contributed by atoms with Gasteiger partial charge in [0.25, 0.3) is 0 Å². The van der Waals surface area contributed by atoms with Gasteiger partial charge in [-0.1, -0.05) is 6.07 Å². The number of imidazole rings is 1. The molecule has 2 N–H and O–H groups in total. The van der Waals surface area contributed by atoms with Gasteiger partial charge in [-0.2, -0.15) is 5.10 Å². The molecule has 5 heteroatoms. The first-order chi connectivity index (χ1) is 8.63. The number of aryl methyl sites for hydroxylation is 2. The van der Waals surface area contributed by atoms with Gasteiger partial charge in [0.15, 0.2) is 0 Å². The third kappa shape index (κ3) is 1.73. The van der Waals surface area contributed by atoms with Gasteiger partial charge in [-0.25, -0.2) is 4.98 Å². The summed E-state index contributed by atoms with van der Waals surface area (Å²) in [6.07, 6.45) is 4.77. The molecule has 2 heterocycles. The average molecular weight is 241 g/mol. The highest BCUT2D eigenvalue weighted by molar-refractivity contribution is 5.79. The molecule has 3 rings (SSSR count). The first-order valence-corrected chi connectivity index (χ1v) is 5.82. The number of nitrogens with two attached hydrogens (primary N) is 1. The maximum Gasteiger partial charge on any atom is 0.200 e. The molecule has 0 bridgehead atoms. The van der Waals surface area contributed by atoms with E-state index in [1.54, 1.807) is 0 Å². The van der Waals surface area contributed by atoms with Gasteiger partial charge in [0.1, 0.15) is 0 Å². The molecule has 0 aliphatic rings. The quantitative estimate of drug-likeness (QED) is 0.739. The Bertz CT molecular complexity index is 707. The molecule has 0 radical (unpaired) electrons. The van der Waals surface area contributed by atoms with Gasteiger partial charge >= 0.3 is 0 Å². The molecule has 0 unspecified atom stereocenters. The van der Waals surface area contributed by atoms with Crippen molar-refractivity contribution in [2.45, 2.75) is 6.42 Å². The Morgan fingerprint density at radius 2 is 2.06 bits per heavy atom. The van der Waals surface area contributed by atoms with Crippen LogP contribution in [0.3, 0.4) is 0 Å². The first kappa shape index (κ1) is 10.8. The van der Waals surface area contributed by atoms with Gasteiger partial charge in [0.2, 0.25) is 5.95 Å². The van der Waals surface area contributed by atoms with Crippen LogP contribution in [0.1, 0.15) is 11.1 Å². The van der Waals surface area contributed by atoms with Crippen molar-refractivity contribution in [3.63, 3.8) is 0 Å². The predicted octanol–water partition coefficient (Wildman–Crippen LogP) is 1.48. The molecule has 0 aliphatic carbocycles. The van der Waals surface area contributed by atoms with Crippen molar-refractivity contribution in [2.75, 3.05) is 5.73 Å². The second-order valence-electron chi connectivity index (χ2n) is 4.55. The zero-order chi connectivity index (χ0) is 12.7. The van der Waals surface area contributed by atoms with E-state index in [-0.39, 0.29) is 0 Å². The lowest BCUT2D eigenvalue weighted by Gasteiger charge is -2.00. The zero-order valence-corrected chi connectivity index (χ0v) is 10.5. The molecule has 2 aromatic heterocycles. The van der Waals surface area contributed by atoms with Crippen molar-refractivity contribution in [3.05, 3.63) is 41.7 Å². The molecular weight excluding hydrogens is 226 g/mol. The summed E-state index contributed by atoms with van der Waals surface area (Å²) in [4.78, 5) is 4.34. The van der Waals surface area contributed by atoms with Crippen molar-refractivity contribution in [3.8, 4) is 0 Å². The molecule has 18 heavy (non-hydrogen) atoms. The summed E-state index contributed by atoms with van der Waals surface area (Å²) in [6, 6.07) is 6.25. The fraction of sp³-hybridized carbons (Fsp3) is 0.231. The Balaban J connectivity index is 1.98. The van der Waals surface area contributed by atoms with E-state index < -0.39 is 0 Å². The second-order valence-corrected chi connectivity index (χ2v) is 4.55. The van der Waals surface area contributed by atoms with Crippen molar-refractivity contribution in [2.24, 2.45) is 14.1 Å². The number of hydrogen-bond acceptors (Lipinski definition) is 3. The third-order valence-electron chi connectivity index (χ3n) is 3.15. The Morgan fingerprint density at radius 3 is 2.78 bits per heavy atom. The molecule has 92 valence electrons. The molecule has 0 saturated heterocycles. The van der Waals surface area contributed by atoms with Crippen molar-refractivity contribution >= 4 is 17.0 Å². The largest absolute Gasteiger partial charge is 0.369 e. The minimum absolute atomic E-state index is 0.545. The van der Waals surface area contributed by atoms with Crippen LogP contribution in [0, 0.1) is 0 Å². The highest BCUT2D eigenvalue weighted by Gasteiger charge is 2.06. The number of hydrogen-bond donors (Lipinski definition) is 1. The van der Waals surface area contributed by atoms with Crippen LogP contribution in [0.25, 0.3) is 11.0 Å². The zero-order valence-electron chi connectivity index (χ0n) is 10.5. The van der Waals surface area contributed by atoms with Gasteiger partial charge in [-0.15, -0.1) is 0 Å². The standard InChI is InChI=1S/C13H15N5/c1-17-8-10(7-15-17)5-9-3-4-12-11(6-9)16-13(14)18(12)2/h3-4,6-8H,5H2,1-2H3,(H2,14,16). The Hall–Kier alpha value is -2.30. The number of fused-ring (bicyclic) bond motifs is 1. The number of nitrogens with zero attached hydrogens (tertiary/aromatic N) is 4. The number of nitrogen functional groups attached to an aromatic ring is 1. The van der Waals surface area contributed by atoms with Gasteiger partial charge < -0.3 is 10.3 Å². The second kappa shape index (κ2) is 3.87. The monoisotopic (exact) mass is 241 g/mol. The highest BCUT2D eigenvalue weighted by atomic mass is 15.2. The van der Waals surface area contributed by atoms with Crippen LogP contribution >= 0.6 is 0 Å². The molecule has 0 amide bonds. The topological polar surface area (TPSA) is 61.7 Å². The van der Waals surface area contributed by atoms with E-state index in [4.69, 9.17) is 5.73 Å². The summed E-state index contributed by atoms with van der Waals surface area (Å²) < 4.78 is 3.70. The average Bonchev–Trinajstić information content (AvgIpc) is 2.85. The van der Waals surface area contributed by atoms with Gasteiger partial charge in [-0.05, 0) is 23.3 Å². The summed E-state index contributed by atoms with van der Waals surface area (Å²) in [6.45, 7) is 0.